The fourth-order valence-corrected chi connectivity index (χ4v) is 2.41. The van der Waals surface area contributed by atoms with Crippen LogP contribution in [0.1, 0.15) is 41.0 Å². The quantitative estimate of drug-likeness (QED) is 0.800. The second-order valence-electron chi connectivity index (χ2n) is 5.92. The van der Waals surface area contributed by atoms with Crippen molar-refractivity contribution in [2.75, 3.05) is 0 Å². The molecule has 0 saturated heterocycles. The fraction of sp³-hybridized carbons (Fsp3) is 0.300. The molecular weight excluding hydrogens is 268 g/mol. The summed E-state index contributed by atoms with van der Waals surface area (Å²) in [6.07, 6.45) is 6.85. The molecule has 0 aliphatic heterocycles. The van der Waals surface area contributed by atoms with Gasteiger partial charge in [-0.15, -0.1) is 0 Å². The molecule has 1 heterocycles. The normalized spacial score (nSPS) is 14.5. The Hall–Kier alpha value is -2.58. The number of nitrogens with zero attached hydrogens (tertiary/aromatic N) is 2. The summed E-state index contributed by atoms with van der Waals surface area (Å²) < 4.78 is 0. The van der Waals surface area contributed by atoms with E-state index < -0.39 is 0 Å². The molecule has 2 nitrogen and oxygen atoms in total. The van der Waals surface area contributed by atoms with E-state index in [1.807, 2.05) is 43.6 Å². The Morgan fingerprint density at radius 2 is 2.00 bits per heavy atom. The molecular formula is C20H18N2. The van der Waals surface area contributed by atoms with E-state index in [2.05, 4.69) is 29.0 Å². The highest BCUT2D eigenvalue weighted by Gasteiger charge is 2.17. The smallest absolute Gasteiger partial charge is 0.0753 e. The highest BCUT2D eigenvalue weighted by Crippen LogP contribution is 2.27. The number of aryl methyl sites for hydroxylation is 1. The molecule has 1 unspecified atom stereocenters. The third-order valence-electron chi connectivity index (χ3n) is 3.84. The lowest BCUT2D eigenvalue weighted by molar-refractivity contribution is 0.842. The lowest BCUT2D eigenvalue weighted by Crippen LogP contribution is -2.01. The van der Waals surface area contributed by atoms with Gasteiger partial charge in [-0.1, -0.05) is 30.0 Å². The van der Waals surface area contributed by atoms with Crippen molar-refractivity contribution in [2.24, 2.45) is 5.92 Å². The van der Waals surface area contributed by atoms with Crippen molar-refractivity contribution in [1.82, 2.24) is 4.98 Å². The third kappa shape index (κ3) is 3.74. The lowest BCUT2D eigenvalue weighted by Gasteiger charge is -2.10. The summed E-state index contributed by atoms with van der Waals surface area (Å²) in [7, 11) is 0. The van der Waals surface area contributed by atoms with E-state index >= 15 is 0 Å². The highest BCUT2D eigenvalue weighted by atomic mass is 14.6. The van der Waals surface area contributed by atoms with Crippen LogP contribution in [0.25, 0.3) is 0 Å². The van der Waals surface area contributed by atoms with Crippen LogP contribution in [-0.4, -0.2) is 4.98 Å². The number of hydrogen-bond donors (Lipinski definition) is 0. The van der Waals surface area contributed by atoms with Gasteiger partial charge in [0.15, 0.2) is 0 Å². The number of pyridine rings is 1. The molecule has 0 radical (unpaired) electrons. The van der Waals surface area contributed by atoms with Gasteiger partial charge < -0.3 is 0 Å². The SMILES string of the molecule is Cc1cncc(CC(C#N)c2ccc(C#CC3CC3)cc2)c1. The summed E-state index contributed by atoms with van der Waals surface area (Å²) in [5.74, 6) is 6.93. The molecule has 1 saturated carbocycles. The van der Waals surface area contributed by atoms with Gasteiger partial charge in [-0.2, -0.15) is 5.26 Å². The molecule has 1 aliphatic rings. The molecule has 0 amide bonds. The van der Waals surface area contributed by atoms with Crippen molar-refractivity contribution in [3.63, 3.8) is 0 Å². The van der Waals surface area contributed by atoms with E-state index in [1.165, 1.54) is 12.8 Å². The maximum Gasteiger partial charge on any atom is 0.0753 e. The first kappa shape index (κ1) is 14.4. The van der Waals surface area contributed by atoms with Crippen molar-refractivity contribution >= 4 is 0 Å². The predicted octanol–water partition coefficient (Wildman–Crippen LogP) is 4.00. The average Bonchev–Trinajstić information content (AvgIpc) is 3.36. The lowest BCUT2D eigenvalue weighted by atomic mass is 9.93. The van der Waals surface area contributed by atoms with Crippen LogP contribution in [0.3, 0.4) is 0 Å². The summed E-state index contributed by atoms with van der Waals surface area (Å²) in [6.45, 7) is 2.02. The maximum absolute atomic E-state index is 9.47. The summed E-state index contributed by atoms with van der Waals surface area (Å²) in [5, 5.41) is 9.47. The van der Waals surface area contributed by atoms with Gasteiger partial charge in [-0.05, 0) is 55.0 Å². The molecule has 3 rings (SSSR count). The van der Waals surface area contributed by atoms with Crippen molar-refractivity contribution in [3.8, 4) is 17.9 Å². The first-order chi connectivity index (χ1) is 10.7. The number of benzene rings is 1. The minimum atomic E-state index is -0.144. The Bertz CT molecular complexity index is 753. The largest absolute Gasteiger partial charge is 0.264 e. The van der Waals surface area contributed by atoms with Crippen LogP contribution in [0.5, 0.6) is 0 Å². The molecule has 1 aromatic heterocycles. The van der Waals surface area contributed by atoms with Crippen LogP contribution in [-0.2, 0) is 6.42 Å². The number of aromatic nitrogens is 1. The van der Waals surface area contributed by atoms with Crippen LogP contribution in [0, 0.1) is 36.0 Å². The Balaban J connectivity index is 1.73. The standard InChI is InChI=1S/C20H18N2/c1-15-10-18(14-22-13-15)11-20(12-21)19-8-6-17(7-9-19)5-4-16-2-3-16/h6-10,13-14,16,20H,2-3,11H2,1H3. The third-order valence-corrected chi connectivity index (χ3v) is 3.84. The second-order valence-corrected chi connectivity index (χ2v) is 5.92. The van der Waals surface area contributed by atoms with E-state index in [9.17, 15) is 5.26 Å². The maximum atomic E-state index is 9.47. The zero-order chi connectivity index (χ0) is 15.4. The van der Waals surface area contributed by atoms with E-state index in [0.717, 1.165) is 22.3 Å². The molecule has 0 N–H and O–H groups in total. The number of rotatable bonds is 3. The number of nitriles is 1. The second kappa shape index (κ2) is 6.46. The Kier molecular flexibility index (Phi) is 4.22. The minimum Gasteiger partial charge on any atom is -0.264 e. The first-order valence-corrected chi connectivity index (χ1v) is 7.66. The van der Waals surface area contributed by atoms with Gasteiger partial charge in [0.2, 0.25) is 0 Å². The summed E-state index contributed by atoms with van der Waals surface area (Å²) in [6, 6.07) is 12.6. The van der Waals surface area contributed by atoms with Gasteiger partial charge in [-0.3, -0.25) is 4.98 Å². The van der Waals surface area contributed by atoms with Crippen molar-refractivity contribution < 1.29 is 0 Å². The summed E-state index contributed by atoms with van der Waals surface area (Å²) in [5.41, 5.74) is 4.30. The predicted molar refractivity (Wildman–Crippen MR) is 87.1 cm³/mol. The van der Waals surface area contributed by atoms with Crippen molar-refractivity contribution in [1.29, 1.82) is 5.26 Å². The van der Waals surface area contributed by atoms with Gasteiger partial charge in [0.1, 0.15) is 0 Å². The Morgan fingerprint density at radius 1 is 1.23 bits per heavy atom. The highest BCUT2D eigenvalue weighted by molar-refractivity contribution is 5.39. The molecule has 2 heteroatoms. The number of hydrogen-bond acceptors (Lipinski definition) is 2. The molecule has 22 heavy (non-hydrogen) atoms. The average molecular weight is 286 g/mol. The van der Waals surface area contributed by atoms with Gasteiger partial charge in [0, 0.05) is 23.9 Å². The van der Waals surface area contributed by atoms with E-state index in [-0.39, 0.29) is 5.92 Å². The van der Waals surface area contributed by atoms with E-state index in [0.29, 0.717) is 12.3 Å². The summed E-state index contributed by atoms with van der Waals surface area (Å²) >= 11 is 0. The topological polar surface area (TPSA) is 36.7 Å². The zero-order valence-electron chi connectivity index (χ0n) is 12.7. The van der Waals surface area contributed by atoms with Gasteiger partial charge >= 0.3 is 0 Å². The summed E-state index contributed by atoms with van der Waals surface area (Å²) in [4.78, 5) is 4.20. The van der Waals surface area contributed by atoms with Gasteiger partial charge in [0.05, 0.1) is 12.0 Å². The Morgan fingerprint density at radius 3 is 2.64 bits per heavy atom. The molecule has 1 aliphatic carbocycles. The van der Waals surface area contributed by atoms with Crippen LogP contribution in [0.4, 0.5) is 0 Å². The van der Waals surface area contributed by atoms with Crippen LogP contribution in [0.15, 0.2) is 42.7 Å². The van der Waals surface area contributed by atoms with Gasteiger partial charge in [0.25, 0.3) is 0 Å². The molecule has 1 aromatic carbocycles. The van der Waals surface area contributed by atoms with E-state index in [1.54, 1.807) is 0 Å². The molecule has 2 aromatic rings. The minimum absolute atomic E-state index is 0.144. The monoisotopic (exact) mass is 286 g/mol. The van der Waals surface area contributed by atoms with E-state index in [4.69, 9.17) is 0 Å². The molecule has 108 valence electrons. The van der Waals surface area contributed by atoms with Crippen molar-refractivity contribution in [2.45, 2.75) is 32.1 Å². The molecule has 1 atom stereocenters. The van der Waals surface area contributed by atoms with Crippen LogP contribution >= 0.6 is 0 Å². The molecule has 0 spiro atoms. The van der Waals surface area contributed by atoms with Crippen LogP contribution < -0.4 is 0 Å². The fourth-order valence-electron chi connectivity index (χ4n) is 2.41. The van der Waals surface area contributed by atoms with Gasteiger partial charge in [-0.25, -0.2) is 0 Å². The zero-order valence-corrected chi connectivity index (χ0v) is 12.7. The first-order valence-electron chi connectivity index (χ1n) is 7.66. The Labute approximate surface area is 131 Å². The molecule has 1 fully saturated rings. The van der Waals surface area contributed by atoms with Crippen LogP contribution in [0.2, 0.25) is 0 Å². The molecule has 0 bridgehead atoms. The van der Waals surface area contributed by atoms with Crippen molar-refractivity contribution in [3.05, 3.63) is 65.0 Å².